The Hall–Kier alpha value is -3.16. The molecule has 31 heavy (non-hydrogen) atoms. The molecule has 1 heterocycles. The Morgan fingerprint density at radius 3 is 2.45 bits per heavy atom. The SMILES string of the molecule is COC(=O)c1ccc(O[C@H]2CCN(C(=O)OC(C)(C)C)C2)c(-c2ccc(F)c(F)c2)c1. The second-order valence-corrected chi connectivity index (χ2v) is 8.29. The standard InChI is InChI=1S/C23H25F2NO5/c1-23(2,3)31-22(28)26-10-9-16(13-26)30-20-8-6-15(21(27)29-4)11-17(20)14-5-7-18(24)19(25)12-14/h5-8,11-12,16H,9-10,13H2,1-4H3/t16-/m0/s1. The van der Waals surface area contributed by atoms with Crippen LogP contribution in [0.5, 0.6) is 5.75 Å². The molecule has 6 nitrogen and oxygen atoms in total. The van der Waals surface area contributed by atoms with Gasteiger partial charge in [-0.1, -0.05) is 6.07 Å². The summed E-state index contributed by atoms with van der Waals surface area (Å²) < 4.78 is 43.5. The van der Waals surface area contributed by atoms with Crippen LogP contribution >= 0.6 is 0 Å². The Balaban J connectivity index is 1.85. The molecule has 1 fully saturated rings. The average Bonchev–Trinajstić information content (AvgIpc) is 3.17. The minimum Gasteiger partial charge on any atom is -0.488 e. The van der Waals surface area contributed by atoms with E-state index in [1.807, 2.05) is 0 Å². The first-order chi connectivity index (χ1) is 14.6. The highest BCUT2D eigenvalue weighted by Gasteiger charge is 2.31. The molecule has 1 aliphatic heterocycles. The van der Waals surface area contributed by atoms with Gasteiger partial charge in [-0.2, -0.15) is 0 Å². The Bertz CT molecular complexity index is 986. The van der Waals surface area contributed by atoms with Crippen molar-refractivity contribution in [3.8, 4) is 16.9 Å². The highest BCUT2D eigenvalue weighted by molar-refractivity contribution is 5.92. The minimum absolute atomic E-state index is 0.247. The van der Waals surface area contributed by atoms with Crippen molar-refractivity contribution in [3.05, 3.63) is 53.6 Å². The van der Waals surface area contributed by atoms with Crippen LogP contribution in [0, 0.1) is 11.6 Å². The Morgan fingerprint density at radius 1 is 1.06 bits per heavy atom. The smallest absolute Gasteiger partial charge is 0.410 e. The number of carbonyl (C=O) groups is 2. The van der Waals surface area contributed by atoms with Crippen molar-refractivity contribution < 1.29 is 32.6 Å². The van der Waals surface area contributed by atoms with E-state index in [1.165, 1.54) is 25.3 Å². The zero-order valence-corrected chi connectivity index (χ0v) is 17.9. The second kappa shape index (κ2) is 8.91. The third-order valence-corrected chi connectivity index (χ3v) is 4.72. The van der Waals surface area contributed by atoms with Crippen LogP contribution in [0.15, 0.2) is 36.4 Å². The molecule has 8 heteroatoms. The van der Waals surface area contributed by atoms with Crippen molar-refractivity contribution in [2.24, 2.45) is 0 Å². The van der Waals surface area contributed by atoms with Gasteiger partial charge in [-0.25, -0.2) is 18.4 Å². The molecule has 1 atom stereocenters. The van der Waals surface area contributed by atoms with Gasteiger partial charge in [0.15, 0.2) is 11.6 Å². The summed E-state index contributed by atoms with van der Waals surface area (Å²) >= 11 is 0. The lowest BCUT2D eigenvalue weighted by Gasteiger charge is -2.24. The van der Waals surface area contributed by atoms with Crippen LogP contribution in [-0.4, -0.2) is 48.9 Å². The molecule has 0 saturated carbocycles. The quantitative estimate of drug-likeness (QED) is 0.648. The third kappa shape index (κ3) is 5.51. The first-order valence-electron chi connectivity index (χ1n) is 9.90. The van der Waals surface area contributed by atoms with E-state index in [2.05, 4.69) is 0 Å². The zero-order valence-electron chi connectivity index (χ0n) is 17.9. The van der Waals surface area contributed by atoms with Crippen LogP contribution in [0.4, 0.5) is 13.6 Å². The Kier molecular flexibility index (Phi) is 6.48. The monoisotopic (exact) mass is 433 g/mol. The molecule has 0 aromatic heterocycles. The van der Waals surface area contributed by atoms with Gasteiger partial charge in [0.25, 0.3) is 0 Å². The normalized spacial score (nSPS) is 16.2. The first kappa shape index (κ1) is 22.5. The number of hydrogen-bond donors (Lipinski definition) is 0. The highest BCUT2D eigenvalue weighted by Crippen LogP contribution is 2.34. The van der Waals surface area contributed by atoms with Crippen molar-refractivity contribution in [1.29, 1.82) is 0 Å². The lowest BCUT2D eigenvalue weighted by Crippen LogP contribution is -2.36. The molecule has 0 bridgehead atoms. The molecule has 0 unspecified atom stereocenters. The van der Waals surface area contributed by atoms with E-state index in [-0.39, 0.29) is 11.7 Å². The number of esters is 1. The van der Waals surface area contributed by atoms with Gasteiger partial charge >= 0.3 is 12.1 Å². The maximum atomic E-state index is 13.8. The van der Waals surface area contributed by atoms with E-state index in [1.54, 1.807) is 31.7 Å². The summed E-state index contributed by atoms with van der Waals surface area (Å²) in [6.07, 6.45) is -0.157. The van der Waals surface area contributed by atoms with Gasteiger partial charge in [0, 0.05) is 18.5 Å². The number of methoxy groups -OCH3 is 1. The number of rotatable bonds is 4. The largest absolute Gasteiger partial charge is 0.488 e. The zero-order chi connectivity index (χ0) is 22.8. The summed E-state index contributed by atoms with van der Waals surface area (Å²) in [7, 11) is 1.26. The Labute approximate surface area is 179 Å². The molecule has 0 aliphatic carbocycles. The predicted molar refractivity (Wildman–Crippen MR) is 110 cm³/mol. The summed E-state index contributed by atoms with van der Waals surface area (Å²) in [5.41, 5.74) is 0.412. The van der Waals surface area contributed by atoms with Crippen molar-refractivity contribution >= 4 is 12.1 Å². The van der Waals surface area contributed by atoms with Gasteiger partial charge in [0.1, 0.15) is 17.5 Å². The molecule has 0 spiro atoms. The fraction of sp³-hybridized carbons (Fsp3) is 0.391. The number of likely N-dealkylation sites (tertiary alicyclic amines) is 1. The van der Waals surface area contributed by atoms with Crippen molar-refractivity contribution in [3.63, 3.8) is 0 Å². The molecule has 2 aromatic rings. The molecule has 1 amide bonds. The lowest BCUT2D eigenvalue weighted by molar-refractivity contribution is 0.0275. The van der Waals surface area contributed by atoms with Crippen LogP contribution in [-0.2, 0) is 9.47 Å². The van der Waals surface area contributed by atoms with Gasteiger partial charge in [-0.15, -0.1) is 0 Å². The van der Waals surface area contributed by atoms with E-state index in [0.29, 0.717) is 36.4 Å². The van der Waals surface area contributed by atoms with Gasteiger partial charge in [0.2, 0.25) is 0 Å². The van der Waals surface area contributed by atoms with Crippen molar-refractivity contribution in [1.82, 2.24) is 4.90 Å². The second-order valence-electron chi connectivity index (χ2n) is 8.29. The van der Waals surface area contributed by atoms with E-state index >= 15 is 0 Å². The topological polar surface area (TPSA) is 65.1 Å². The Morgan fingerprint density at radius 2 is 1.81 bits per heavy atom. The van der Waals surface area contributed by atoms with Crippen LogP contribution in [0.1, 0.15) is 37.6 Å². The lowest BCUT2D eigenvalue weighted by atomic mass is 10.0. The first-order valence-corrected chi connectivity index (χ1v) is 9.90. The molecule has 0 N–H and O–H groups in total. The number of amides is 1. The predicted octanol–water partition coefficient (Wildman–Crippen LogP) is 4.81. The number of carbonyl (C=O) groups excluding carboxylic acids is 2. The van der Waals surface area contributed by atoms with Crippen LogP contribution in [0.3, 0.4) is 0 Å². The van der Waals surface area contributed by atoms with E-state index in [0.717, 1.165) is 12.1 Å². The van der Waals surface area contributed by atoms with E-state index < -0.39 is 29.3 Å². The molecule has 166 valence electrons. The summed E-state index contributed by atoms with van der Waals surface area (Å²) in [5.74, 6) is -2.16. The van der Waals surface area contributed by atoms with E-state index in [9.17, 15) is 18.4 Å². The third-order valence-electron chi connectivity index (χ3n) is 4.72. The fourth-order valence-electron chi connectivity index (χ4n) is 3.26. The summed E-state index contributed by atoms with van der Waals surface area (Å²) in [6.45, 7) is 6.19. The van der Waals surface area contributed by atoms with Crippen LogP contribution in [0.2, 0.25) is 0 Å². The maximum absolute atomic E-state index is 13.8. The molecular formula is C23H25F2NO5. The number of hydrogen-bond acceptors (Lipinski definition) is 5. The summed E-state index contributed by atoms with van der Waals surface area (Å²) in [5, 5.41) is 0. The van der Waals surface area contributed by atoms with Gasteiger partial charge < -0.3 is 19.1 Å². The van der Waals surface area contributed by atoms with Crippen molar-refractivity contribution in [2.75, 3.05) is 20.2 Å². The number of benzene rings is 2. The van der Waals surface area contributed by atoms with Gasteiger partial charge in [0.05, 0.1) is 19.2 Å². The average molecular weight is 433 g/mol. The molecule has 0 radical (unpaired) electrons. The molecule has 1 aliphatic rings. The number of ether oxygens (including phenoxy) is 3. The maximum Gasteiger partial charge on any atom is 0.410 e. The summed E-state index contributed by atoms with van der Waals surface area (Å²) in [6, 6.07) is 8.08. The highest BCUT2D eigenvalue weighted by atomic mass is 19.2. The molecule has 3 rings (SSSR count). The van der Waals surface area contributed by atoms with Gasteiger partial charge in [-0.05, 0) is 56.7 Å². The molecular weight excluding hydrogens is 408 g/mol. The van der Waals surface area contributed by atoms with Crippen LogP contribution in [0.25, 0.3) is 11.1 Å². The van der Waals surface area contributed by atoms with E-state index in [4.69, 9.17) is 14.2 Å². The van der Waals surface area contributed by atoms with Crippen molar-refractivity contribution in [2.45, 2.75) is 38.9 Å². The number of halogens is 2. The molecule has 1 saturated heterocycles. The molecule has 2 aromatic carbocycles. The van der Waals surface area contributed by atoms with Gasteiger partial charge in [-0.3, -0.25) is 0 Å². The number of nitrogens with zero attached hydrogens (tertiary/aromatic N) is 1. The van der Waals surface area contributed by atoms with Crippen LogP contribution < -0.4 is 4.74 Å². The summed E-state index contributed by atoms with van der Waals surface area (Å²) in [4.78, 5) is 25.8. The fourth-order valence-corrected chi connectivity index (χ4v) is 3.26. The minimum atomic E-state index is -1.01.